The van der Waals surface area contributed by atoms with E-state index in [1.807, 2.05) is 24.3 Å². The molecule has 2 nitrogen and oxygen atoms in total. The Morgan fingerprint density at radius 1 is 0.333 bits per heavy atom. The molecule has 0 radical (unpaired) electrons. The fraction of sp³-hybridized carbons (Fsp3) is 0. The number of nitrogens with zero attached hydrogens (tertiary/aromatic N) is 2. The second-order valence-corrected chi connectivity index (χ2v) is 16.8. The molecule has 0 atom stereocenters. The van der Waals surface area contributed by atoms with Crippen LogP contribution < -0.4 is 0 Å². The van der Waals surface area contributed by atoms with E-state index in [0.717, 1.165) is 77.7 Å². The van der Waals surface area contributed by atoms with Gasteiger partial charge in [-0.05, 0) is 33.7 Å². The topological polar surface area (TPSA) is 24.7 Å². The first-order valence-electron chi connectivity index (χ1n) is 16.5. The van der Waals surface area contributed by atoms with Crippen LogP contribution >= 0.6 is 28.5 Å². The zero-order valence-electron chi connectivity index (χ0n) is 27.4. The number of aliphatic imine (C=N–C) groups is 2. The predicted molar refractivity (Wildman–Crippen MR) is 221 cm³/mol. The molecule has 51 heavy (non-hydrogen) atoms. The molecule has 0 aliphatic heterocycles. The Balaban J connectivity index is 0.00000131. The zero-order chi connectivity index (χ0) is 34.8. The molecule has 5 heteroatoms. The Morgan fingerprint density at radius 2 is 0.608 bits per heavy atom. The molecule has 0 aromatic heterocycles. The molecule has 8 aromatic carbocycles. The summed E-state index contributed by atoms with van der Waals surface area (Å²) < 4.78 is 0. The van der Waals surface area contributed by atoms with Gasteiger partial charge in [0, 0.05) is 33.4 Å². The third kappa shape index (κ3) is 7.87. The molecule has 8 aromatic rings. The zero-order valence-corrected chi connectivity index (χ0v) is 31.6. The summed E-state index contributed by atoms with van der Waals surface area (Å²) in [6.07, 6.45) is 0. The van der Waals surface area contributed by atoms with Gasteiger partial charge in [-0.1, -0.05) is 182 Å². The van der Waals surface area contributed by atoms with Gasteiger partial charge in [-0.3, -0.25) is 0 Å². The molecule has 0 unspecified atom stereocenters. The van der Waals surface area contributed by atoms with Crippen LogP contribution in [-0.2, 0) is 10.9 Å². The normalized spacial score (nSPS) is 10.7. The van der Waals surface area contributed by atoms with Gasteiger partial charge in [-0.25, -0.2) is 9.98 Å². The largest absolute Gasteiger partial charge is 0.247 e. The van der Waals surface area contributed by atoms with Crippen LogP contribution in [0.4, 0.5) is 11.4 Å². The van der Waals surface area contributed by atoms with Gasteiger partial charge < -0.3 is 0 Å². The minimum Gasteiger partial charge on any atom is -0.247 e. The molecule has 0 heterocycles. The minimum absolute atomic E-state index is 0.894. The van der Waals surface area contributed by atoms with E-state index < -0.39 is 0 Å². The van der Waals surface area contributed by atoms with Gasteiger partial charge in [-0.2, -0.15) is 0 Å². The summed E-state index contributed by atoms with van der Waals surface area (Å²) in [6.45, 7) is 0. The van der Waals surface area contributed by atoms with Crippen LogP contribution in [0.25, 0.3) is 32.7 Å². The summed E-state index contributed by atoms with van der Waals surface area (Å²) in [4.78, 5) is 11.1. The average Bonchev–Trinajstić information content (AvgIpc) is 3.20. The maximum absolute atomic E-state index is 5.54. The van der Waals surface area contributed by atoms with E-state index in [9.17, 15) is 0 Å². The van der Waals surface area contributed by atoms with Crippen LogP contribution in [0.2, 0.25) is 0 Å². The number of hydrogen-bond acceptors (Lipinski definition) is 2. The van der Waals surface area contributed by atoms with Crippen molar-refractivity contribution in [2.45, 2.75) is 0 Å². The molecule has 0 saturated carbocycles. The maximum Gasteiger partial charge on any atom is 0.0781 e. The van der Waals surface area contributed by atoms with Gasteiger partial charge >= 0.3 is 39.3 Å². The van der Waals surface area contributed by atoms with Crippen molar-refractivity contribution in [2.75, 3.05) is 0 Å². The van der Waals surface area contributed by atoms with Crippen molar-refractivity contribution in [1.29, 1.82) is 0 Å². The van der Waals surface area contributed by atoms with E-state index >= 15 is 0 Å². The SMILES string of the molecule is [Br][Ni][Br].c1ccc(C(=Nc2ccc3ccccc3c2-c2c(N=C(c3ccccc3)c3ccccc3)ccc3ccccc23)c2ccccc2)cc1. The summed E-state index contributed by atoms with van der Waals surface area (Å²) in [5.41, 5.74) is 10.0. The molecule has 0 saturated heterocycles. The fourth-order valence-electron chi connectivity index (χ4n) is 6.45. The predicted octanol–water partition coefficient (Wildman–Crippen LogP) is 13.7. The van der Waals surface area contributed by atoms with Crippen LogP contribution in [-0.4, -0.2) is 11.4 Å². The van der Waals surface area contributed by atoms with Crippen LogP contribution in [0.3, 0.4) is 0 Å². The maximum atomic E-state index is 5.54. The van der Waals surface area contributed by atoms with Crippen LogP contribution in [0.1, 0.15) is 22.3 Å². The molecular weight excluding hydrogens is 799 g/mol. The quantitative estimate of drug-likeness (QED) is 0.113. The summed E-state index contributed by atoms with van der Waals surface area (Å²) in [5, 5.41) is 4.57. The van der Waals surface area contributed by atoms with Crippen LogP contribution in [0, 0.1) is 0 Å². The summed E-state index contributed by atoms with van der Waals surface area (Å²) in [7, 11) is 1.25. The molecule has 250 valence electrons. The summed E-state index contributed by atoms with van der Waals surface area (Å²) >= 11 is 6.00. The molecule has 0 amide bonds. The fourth-order valence-corrected chi connectivity index (χ4v) is 6.45. The molecule has 0 bridgehead atoms. The van der Waals surface area contributed by atoms with Crippen molar-refractivity contribution in [3.63, 3.8) is 0 Å². The van der Waals surface area contributed by atoms with E-state index in [0.29, 0.717) is 0 Å². The standard InChI is InChI=1S/C46H32N2.2BrH.Ni/c1-5-19-35(20-6-1)45(36-21-7-2-8-22-36)47-41-31-29-33-17-13-15-27-39(33)43(41)44-40-28-16-14-18-34(40)30-32-42(44)48-46(37-23-9-3-10-24-37)38-25-11-4-12-26-38;;;/h1-32H;2*1H;/q;;;+2/p-2. The first kappa shape index (κ1) is 34.5. The van der Waals surface area contributed by atoms with Crippen molar-refractivity contribution < 1.29 is 10.9 Å². The number of halogens is 2. The van der Waals surface area contributed by atoms with Crippen LogP contribution in [0.5, 0.6) is 0 Å². The molecule has 0 aliphatic rings. The van der Waals surface area contributed by atoms with Gasteiger partial charge in [0.2, 0.25) is 0 Å². The first-order valence-corrected chi connectivity index (χ1v) is 21.4. The Kier molecular flexibility index (Phi) is 11.4. The molecule has 0 N–H and O–H groups in total. The summed E-state index contributed by atoms with van der Waals surface area (Å²) in [6, 6.07) is 67.7. The Labute approximate surface area is 319 Å². The molecule has 0 spiro atoms. The monoisotopic (exact) mass is 828 g/mol. The van der Waals surface area contributed by atoms with Gasteiger partial charge in [0.25, 0.3) is 0 Å². The number of hydrogen-bond donors (Lipinski definition) is 0. The number of fused-ring (bicyclic) bond motifs is 2. The average molecular weight is 831 g/mol. The van der Waals surface area contributed by atoms with Crippen molar-refractivity contribution >= 4 is 72.8 Å². The minimum atomic E-state index is 0.894. The van der Waals surface area contributed by atoms with E-state index in [4.69, 9.17) is 9.98 Å². The van der Waals surface area contributed by atoms with Gasteiger partial charge in [-0.15, -0.1) is 0 Å². The number of rotatable bonds is 7. The third-order valence-electron chi connectivity index (χ3n) is 8.72. The van der Waals surface area contributed by atoms with Crippen molar-refractivity contribution in [1.82, 2.24) is 0 Å². The second-order valence-electron chi connectivity index (χ2n) is 11.8. The van der Waals surface area contributed by atoms with E-state index in [1.54, 1.807) is 0 Å². The smallest absolute Gasteiger partial charge is 0.0781 e. The molecule has 0 fully saturated rings. The van der Waals surface area contributed by atoms with Crippen molar-refractivity contribution in [3.8, 4) is 11.1 Å². The van der Waals surface area contributed by atoms with E-state index in [2.05, 4.69) is 198 Å². The van der Waals surface area contributed by atoms with Crippen LogP contribution in [0.15, 0.2) is 204 Å². The van der Waals surface area contributed by atoms with Crippen molar-refractivity contribution in [3.05, 3.63) is 216 Å². The molecule has 8 rings (SSSR count). The number of benzene rings is 8. The van der Waals surface area contributed by atoms with Gasteiger partial charge in [0.1, 0.15) is 0 Å². The van der Waals surface area contributed by atoms with E-state index in [1.165, 1.54) is 10.9 Å². The first-order chi connectivity index (χ1) is 25.2. The van der Waals surface area contributed by atoms with Gasteiger partial charge in [0.05, 0.1) is 22.8 Å². The van der Waals surface area contributed by atoms with Crippen molar-refractivity contribution in [2.24, 2.45) is 9.98 Å². The Hall–Kier alpha value is -4.93. The van der Waals surface area contributed by atoms with Gasteiger partial charge in [0.15, 0.2) is 0 Å². The molecule has 0 aliphatic carbocycles. The molecular formula is C46H32Br2N2Ni. The van der Waals surface area contributed by atoms with E-state index in [-0.39, 0.29) is 0 Å². The Morgan fingerprint density at radius 3 is 0.922 bits per heavy atom. The Bertz CT molecular complexity index is 2190. The summed E-state index contributed by atoms with van der Waals surface area (Å²) in [5.74, 6) is 0. The second kappa shape index (κ2) is 16.9. The third-order valence-corrected chi connectivity index (χ3v) is 8.72.